The molecule has 0 saturated heterocycles. The van der Waals surface area contributed by atoms with E-state index in [1.54, 1.807) is 26.4 Å². The number of hydrogen-bond acceptors (Lipinski definition) is 4. The van der Waals surface area contributed by atoms with Gasteiger partial charge in [0, 0.05) is 18.1 Å². The van der Waals surface area contributed by atoms with Gasteiger partial charge in [-0.2, -0.15) is 0 Å². The topological polar surface area (TPSA) is 73.6 Å². The van der Waals surface area contributed by atoms with Gasteiger partial charge in [0.2, 0.25) is 5.91 Å². The van der Waals surface area contributed by atoms with E-state index in [2.05, 4.69) is 33.0 Å². The van der Waals surface area contributed by atoms with Crippen molar-refractivity contribution in [3.05, 3.63) is 12.1 Å². The highest BCUT2D eigenvalue weighted by Gasteiger charge is 2.68. The SMILES string of the molecule is COc1cc(N)c(NC(=O)C2C(C)(C)C2(C)C)cc1OC. The molecule has 0 heterocycles. The second-order valence-electron chi connectivity index (χ2n) is 6.66. The molecule has 21 heavy (non-hydrogen) atoms. The second-order valence-corrected chi connectivity index (χ2v) is 6.66. The van der Waals surface area contributed by atoms with Crippen LogP contribution in [0.25, 0.3) is 0 Å². The van der Waals surface area contributed by atoms with E-state index in [0.717, 1.165) is 0 Å². The predicted molar refractivity (Wildman–Crippen MR) is 83.6 cm³/mol. The summed E-state index contributed by atoms with van der Waals surface area (Å²) in [4.78, 5) is 12.5. The number of ether oxygens (including phenoxy) is 2. The predicted octanol–water partition coefficient (Wildman–Crippen LogP) is 2.91. The summed E-state index contributed by atoms with van der Waals surface area (Å²) >= 11 is 0. The lowest BCUT2D eigenvalue weighted by Crippen LogP contribution is -2.18. The van der Waals surface area contributed by atoms with Crippen LogP contribution in [0.3, 0.4) is 0 Å². The highest BCUT2D eigenvalue weighted by Crippen LogP contribution is 2.68. The van der Waals surface area contributed by atoms with E-state index in [1.807, 2.05) is 0 Å². The summed E-state index contributed by atoms with van der Waals surface area (Å²) in [5, 5.41) is 2.91. The van der Waals surface area contributed by atoms with Gasteiger partial charge >= 0.3 is 0 Å². The van der Waals surface area contributed by atoms with Crippen LogP contribution in [0.15, 0.2) is 12.1 Å². The minimum atomic E-state index is -0.0301. The maximum atomic E-state index is 12.5. The number of rotatable bonds is 4. The third-order valence-electron chi connectivity index (χ3n) is 5.10. The fraction of sp³-hybridized carbons (Fsp3) is 0.562. The van der Waals surface area contributed by atoms with Gasteiger partial charge in [0.15, 0.2) is 11.5 Å². The van der Waals surface area contributed by atoms with E-state index in [-0.39, 0.29) is 22.7 Å². The van der Waals surface area contributed by atoms with Crippen molar-refractivity contribution in [2.24, 2.45) is 16.7 Å². The zero-order chi connectivity index (χ0) is 16.0. The van der Waals surface area contributed by atoms with Crippen LogP contribution in [-0.2, 0) is 4.79 Å². The normalized spacial score (nSPS) is 19.0. The van der Waals surface area contributed by atoms with Crippen molar-refractivity contribution >= 4 is 17.3 Å². The second kappa shape index (κ2) is 4.83. The first-order chi connectivity index (χ1) is 9.66. The average Bonchev–Trinajstić information content (AvgIpc) is 2.81. The van der Waals surface area contributed by atoms with Gasteiger partial charge in [-0.05, 0) is 10.8 Å². The number of carbonyl (C=O) groups is 1. The lowest BCUT2D eigenvalue weighted by Gasteiger charge is -2.14. The third kappa shape index (κ3) is 2.30. The number of amides is 1. The van der Waals surface area contributed by atoms with Gasteiger partial charge in [0.25, 0.3) is 0 Å². The van der Waals surface area contributed by atoms with Crippen LogP contribution in [0, 0.1) is 16.7 Å². The van der Waals surface area contributed by atoms with Gasteiger partial charge in [-0.3, -0.25) is 4.79 Å². The smallest absolute Gasteiger partial charge is 0.228 e. The van der Waals surface area contributed by atoms with Crippen LogP contribution < -0.4 is 20.5 Å². The van der Waals surface area contributed by atoms with Crippen LogP contribution in [0.1, 0.15) is 27.7 Å². The van der Waals surface area contributed by atoms with E-state index >= 15 is 0 Å². The van der Waals surface area contributed by atoms with Crippen molar-refractivity contribution < 1.29 is 14.3 Å². The molecule has 3 N–H and O–H groups in total. The number of hydrogen-bond donors (Lipinski definition) is 2. The van der Waals surface area contributed by atoms with E-state index in [9.17, 15) is 4.79 Å². The maximum absolute atomic E-state index is 12.5. The quantitative estimate of drug-likeness (QED) is 0.837. The first kappa shape index (κ1) is 15.5. The summed E-state index contributed by atoms with van der Waals surface area (Å²) in [6.45, 7) is 8.43. The van der Waals surface area contributed by atoms with Crippen LogP contribution >= 0.6 is 0 Å². The molecule has 5 heteroatoms. The summed E-state index contributed by atoms with van der Waals surface area (Å²) in [5.74, 6) is 1.04. The number of anilines is 2. The Morgan fingerprint density at radius 1 is 1.10 bits per heavy atom. The number of benzene rings is 1. The lowest BCUT2D eigenvalue weighted by molar-refractivity contribution is -0.118. The number of methoxy groups -OCH3 is 2. The summed E-state index contributed by atoms with van der Waals surface area (Å²) in [6.07, 6.45) is 0. The number of carbonyl (C=O) groups excluding carboxylic acids is 1. The first-order valence-electron chi connectivity index (χ1n) is 6.99. The minimum Gasteiger partial charge on any atom is -0.493 e. The molecule has 1 aromatic rings. The van der Waals surface area contributed by atoms with Gasteiger partial charge in [-0.15, -0.1) is 0 Å². The van der Waals surface area contributed by atoms with Crippen molar-refractivity contribution in [1.29, 1.82) is 0 Å². The lowest BCUT2D eigenvalue weighted by atomic mass is 10.0. The van der Waals surface area contributed by atoms with Gasteiger partial charge < -0.3 is 20.5 Å². The molecule has 1 saturated carbocycles. The minimum absolute atomic E-state index is 0.0103. The number of nitrogens with two attached hydrogens (primary N) is 1. The van der Waals surface area contributed by atoms with E-state index in [0.29, 0.717) is 22.9 Å². The summed E-state index contributed by atoms with van der Waals surface area (Å²) in [5.41, 5.74) is 6.96. The molecule has 0 spiro atoms. The molecule has 1 aliphatic carbocycles. The van der Waals surface area contributed by atoms with Gasteiger partial charge in [0.05, 0.1) is 25.6 Å². The van der Waals surface area contributed by atoms with Crippen LogP contribution in [-0.4, -0.2) is 20.1 Å². The Morgan fingerprint density at radius 3 is 2.00 bits per heavy atom. The third-order valence-corrected chi connectivity index (χ3v) is 5.10. The van der Waals surface area contributed by atoms with Crippen LogP contribution in [0.5, 0.6) is 11.5 Å². The van der Waals surface area contributed by atoms with Crippen molar-refractivity contribution in [2.45, 2.75) is 27.7 Å². The zero-order valence-electron chi connectivity index (χ0n) is 13.5. The van der Waals surface area contributed by atoms with Crippen molar-refractivity contribution in [3.63, 3.8) is 0 Å². The molecular weight excluding hydrogens is 268 g/mol. The molecule has 0 bridgehead atoms. The zero-order valence-corrected chi connectivity index (χ0v) is 13.5. The Hall–Kier alpha value is -1.91. The largest absolute Gasteiger partial charge is 0.493 e. The Kier molecular flexibility index (Phi) is 3.56. The molecule has 0 aromatic heterocycles. The highest BCUT2D eigenvalue weighted by atomic mass is 16.5. The molecule has 116 valence electrons. The summed E-state index contributed by atoms with van der Waals surface area (Å²) in [7, 11) is 3.09. The van der Waals surface area contributed by atoms with Crippen LogP contribution in [0.2, 0.25) is 0 Å². The molecule has 0 atom stereocenters. The van der Waals surface area contributed by atoms with Gasteiger partial charge in [0.1, 0.15) is 0 Å². The van der Waals surface area contributed by atoms with Gasteiger partial charge in [-0.25, -0.2) is 0 Å². The maximum Gasteiger partial charge on any atom is 0.228 e. The van der Waals surface area contributed by atoms with E-state index in [4.69, 9.17) is 15.2 Å². The number of nitrogens with one attached hydrogen (secondary N) is 1. The molecule has 1 aliphatic rings. The molecule has 1 aromatic carbocycles. The highest BCUT2D eigenvalue weighted by molar-refractivity contribution is 5.98. The summed E-state index contributed by atoms with van der Waals surface area (Å²) < 4.78 is 10.4. The molecule has 1 fully saturated rings. The molecule has 1 amide bonds. The van der Waals surface area contributed by atoms with E-state index < -0.39 is 0 Å². The van der Waals surface area contributed by atoms with Gasteiger partial charge in [-0.1, -0.05) is 27.7 Å². The average molecular weight is 292 g/mol. The Morgan fingerprint density at radius 2 is 1.57 bits per heavy atom. The Balaban J connectivity index is 2.23. The monoisotopic (exact) mass is 292 g/mol. The molecular formula is C16H24N2O3. The fourth-order valence-corrected chi connectivity index (χ4v) is 3.06. The van der Waals surface area contributed by atoms with E-state index in [1.165, 1.54) is 0 Å². The molecule has 2 rings (SSSR count). The summed E-state index contributed by atoms with van der Waals surface area (Å²) in [6, 6.07) is 3.34. The first-order valence-corrected chi connectivity index (χ1v) is 6.99. The van der Waals surface area contributed by atoms with Crippen molar-refractivity contribution in [3.8, 4) is 11.5 Å². The molecule has 0 unspecified atom stereocenters. The Labute approximate surface area is 125 Å². The standard InChI is InChI=1S/C16H24N2O3/c1-15(2)13(16(15,3)4)14(19)18-10-8-12(21-6)11(20-5)7-9(10)17/h7-8,13H,17H2,1-6H3,(H,18,19). The Bertz CT molecular complexity index is 565. The molecule has 0 radical (unpaired) electrons. The number of nitrogen functional groups attached to an aromatic ring is 1. The van der Waals surface area contributed by atoms with Crippen molar-refractivity contribution in [1.82, 2.24) is 0 Å². The molecule has 5 nitrogen and oxygen atoms in total. The fourth-order valence-electron chi connectivity index (χ4n) is 3.06. The van der Waals surface area contributed by atoms with Crippen molar-refractivity contribution in [2.75, 3.05) is 25.3 Å². The molecule has 0 aliphatic heterocycles. The van der Waals surface area contributed by atoms with Crippen LogP contribution in [0.4, 0.5) is 11.4 Å².